The van der Waals surface area contributed by atoms with Crippen LogP contribution in [-0.2, 0) is 9.47 Å². The van der Waals surface area contributed by atoms with Gasteiger partial charge in [0.2, 0.25) is 0 Å². The van der Waals surface area contributed by atoms with E-state index in [4.69, 9.17) is 9.47 Å². The van der Waals surface area contributed by atoms with E-state index in [0.717, 1.165) is 11.3 Å². The highest BCUT2D eigenvalue weighted by Gasteiger charge is 2.20. The number of rotatable bonds is 5. The van der Waals surface area contributed by atoms with E-state index in [9.17, 15) is 9.59 Å². The molecule has 0 saturated carbocycles. The summed E-state index contributed by atoms with van der Waals surface area (Å²) in [5, 5.41) is 0.399. The third kappa shape index (κ3) is 2.82. The van der Waals surface area contributed by atoms with Crippen molar-refractivity contribution in [1.29, 1.82) is 0 Å². The number of thiophene rings is 1. The molecule has 0 aliphatic rings. The van der Waals surface area contributed by atoms with Crippen LogP contribution in [0.25, 0.3) is 16.0 Å². The van der Waals surface area contributed by atoms with Crippen molar-refractivity contribution < 1.29 is 14.3 Å². The Bertz CT molecular complexity index is 760. The molecule has 0 radical (unpaired) electrons. The van der Waals surface area contributed by atoms with E-state index in [0.29, 0.717) is 33.0 Å². The minimum absolute atomic E-state index is 0.269. The minimum Gasteiger partial charge on any atom is -0.491 e. The van der Waals surface area contributed by atoms with Crippen LogP contribution in [0.5, 0.6) is 0 Å². The van der Waals surface area contributed by atoms with Gasteiger partial charge in [0.25, 0.3) is 5.56 Å². The predicted molar refractivity (Wildman–Crippen MR) is 81.6 cm³/mol. The van der Waals surface area contributed by atoms with Gasteiger partial charge in [0.05, 0.1) is 18.6 Å². The van der Waals surface area contributed by atoms with Gasteiger partial charge in [-0.3, -0.25) is 4.79 Å². The summed E-state index contributed by atoms with van der Waals surface area (Å²) in [7, 11) is 0. The monoisotopic (exact) mass is 308 g/mol. The molecule has 0 spiro atoms. The Balaban J connectivity index is 2.58. The van der Waals surface area contributed by atoms with Crippen molar-refractivity contribution in [3.8, 4) is 0 Å². The van der Waals surface area contributed by atoms with Crippen LogP contribution in [-0.4, -0.2) is 29.2 Å². The van der Waals surface area contributed by atoms with Crippen LogP contribution in [0, 0.1) is 6.92 Å². The van der Waals surface area contributed by atoms with Crippen molar-refractivity contribution in [2.75, 3.05) is 13.2 Å². The number of hydrogen-bond donors (Lipinski definition) is 1. The van der Waals surface area contributed by atoms with Crippen LogP contribution in [0.1, 0.15) is 34.9 Å². The Morgan fingerprint density at radius 2 is 2.00 bits per heavy atom. The number of nitrogens with one attached hydrogen (secondary N) is 1. The lowest BCUT2D eigenvalue weighted by Crippen LogP contribution is -2.12. The first kappa shape index (κ1) is 15.2. The third-order valence-corrected chi connectivity index (χ3v) is 4.01. The van der Waals surface area contributed by atoms with Gasteiger partial charge in [-0.2, -0.15) is 0 Å². The molecule has 0 saturated heterocycles. The van der Waals surface area contributed by atoms with Crippen molar-refractivity contribution in [3.63, 3.8) is 0 Å². The zero-order valence-corrected chi connectivity index (χ0v) is 12.9. The smallest absolute Gasteiger partial charge is 0.348 e. The van der Waals surface area contributed by atoms with Crippen LogP contribution in [0.4, 0.5) is 0 Å². The number of aromatic amines is 1. The highest BCUT2D eigenvalue weighted by Crippen LogP contribution is 2.28. The van der Waals surface area contributed by atoms with E-state index in [2.05, 4.69) is 16.5 Å². The molecule has 2 aromatic rings. The largest absolute Gasteiger partial charge is 0.491 e. The van der Waals surface area contributed by atoms with Gasteiger partial charge in [-0.05, 0) is 26.3 Å². The maximum absolute atomic E-state index is 12.2. The second-order valence-corrected chi connectivity index (χ2v) is 5.23. The average molecular weight is 308 g/mol. The molecule has 2 heterocycles. The van der Waals surface area contributed by atoms with Gasteiger partial charge in [-0.15, -0.1) is 11.3 Å². The van der Waals surface area contributed by atoms with Crippen molar-refractivity contribution in [3.05, 3.63) is 33.2 Å². The molecule has 0 fully saturated rings. The highest BCUT2D eigenvalue weighted by atomic mass is 32.1. The molecule has 6 nitrogen and oxygen atoms in total. The molecular formula is C14H16N2O4S. The summed E-state index contributed by atoms with van der Waals surface area (Å²) in [5.41, 5.74) is 0.260. The van der Waals surface area contributed by atoms with Gasteiger partial charge in [0.1, 0.15) is 9.71 Å². The number of esters is 1. The highest BCUT2D eigenvalue weighted by molar-refractivity contribution is 7.20. The summed E-state index contributed by atoms with van der Waals surface area (Å²) in [6.07, 6.45) is 0. The Hall–Kier alpha value is -2.15. The Labute approximate surface area is 125 Å². The van der Waals surface area contributed by atoms with Crippen molar-refractivity contribution in [2.45, 2.75) is 20.8 Å². The molecule has 112 valence electrons. The molecule has 0 unspecified atom stereocenters. The van der Waals surface area contributed by atoms with Crippen LogP contribution in [0.3, 0.4) is 0 Å². The summed E-state index contributed by atoms with van der Waals surface area (Å²) < 4.78 is 10.2. The quantitative estimate of drug-likeness (QED) is 0.678. The van der Waals surface area contributed by atoms with Gasteiger partial charge in [-0.25, -0.2) is 9.78 Å². The maximum atomic E-state index is 12.2. The molecule has 0 aromatic carbocycles. The Morgan fingerprint density at radius 1 is 1.33 bits per heavy atom. The average Bonchev–Trinajstić information content (AvgIpc) is 2.77. The number of nitrogens with zero attached hydrogens (tertiary/aromatic N) is 1. The predicted octanol–water partition coefficient (Wildman–Crippen LogP) is 2.48. The van der Waals surface area contributed by atoms with Crippen LogP contribution in [0.15, 0.2) is 11.4 Å². The maximum Gasteiger partial charge on any atom is 0.348 e. The molecule has 21 heavy (non-hydrogen) atoms. The first-order valence-corrected chi connectivity index (χ1v) is 7.33. The molecule has 0 atom stereocenters. The molecule has 0 aliphatic heterocycles. The van der Waals surface area contributed by atoms with E-state index < -0.39 is 5.97 Å². The van der Waals surface area contributed by atoms with E-state index >= 15 is 0 Å². The summed E-state index contributed by atoms with van der Waals surface area (Å²) in [6, 6.07) is 0. The fraction of sp³-hybridized carbons (Fsp3) is 0.357. The third-order valence-electron chi connectivity index (χ3n) is 2.84. The normalized spacial score (nSPS) is 10.6. The summed E-state index contributed by atoms with van der Waals surface area (Å²) in [5.74, 6) is 0.119. The second-order valence-electron chi connectivity index (χ2n) is 4.23. The van der Waals surface area contributed by atoms with E-state index in [1.54, 1.807) is 13.8 Å². The number of carbonyl (C=O) groups excluding carboxylic acids is 1. The number of ether oxygens (including phenoxy) is 2. The number of H-pyrrole nitrogens is 1. The van der Waals surface area contributed by atoms with Gasteiger partial charge in [0.15, 0.2) is 11.6 Å². The fourth-order valence-electron chi connectivity index (χ4n) is 1.91. The summed E-state index contributed by atoms with van der Waals surface area (Å²) in [4.78, 5) is 31.9. The van der Waals surface area contributed by atoms with Gasteiger partial charge < -0.3 is 14.5 Å². The van der Waals surface area contributed by atoms with Gasteiger partial charge >= 0.3 is 5.97 Å². The van der Waals surface area contributed by atoms with E-state index in [-0.39, 0.29) is 18.0 Å². The minimum atomic E-state index is -0.442. The number of fused-ring (bicyclic) bond motifs is 1. The number of aryl methyl sites for hydroxylation is 1. The molecule has 1 N–H and O–H groups in total. The van der Waals surface area contributed by atoms with Crippen LogP contribution < -0.4 is 5.56 Å². The number of hydrogen-bond acceptors (Lipinski definition) is 6. The van der Waals surface area contributed by atoms with Gasteiger partial charge in [-0.1, -0.05) is 6.58 Å². The fourth-order valence-corrected chi connectivity index (χ4v) is 2.99. The zero-order valence-electron chi connectivity index (χ0n) is 12.1. The Morgan fingerprint density at radius 3 is 2.62 bits per heavy atom. The lowest BCUT2D eigenvalue weighted by molar-refractivity contribution is 0.0531. The van der Waals surface area contributed by atoms with E-state index in [1.165, 1.54) is 0 Å². The zero-order chi connectivity index (χ0) is 15.6. The lowest BCUT2D eigenvalue weighted by Gasteiger charge is -2.05. The standard InChI is InChI=1S/C14H16N2O4S/c1-5-19-8(4)11-15-12(17)9-7(3)10(14(18)20-6-2)21-13(9)16-11/h4-6H2,1-3H3,(H,15,16,17). The first-order chi connectivity index (χ1) is 9.99. The topological polar surface area (TPSA) is 81.3 Å². The molecule has 0 amide bonds. The SMILES string of the molecule is C=C(OCC)c1nc2sc(C(=O)OCC)c(C)c2c(=O)[nH]1. The summed E-state index contributed by atoms with van der Waals surface area (Å²) in [6.45, 7) is 9.68. The van der Waals surface area contributed by atoms with E-state index in [1.807, 2.05) is 6.92 Å². The van der Waals surface area contributed by atoms with Crippen molar-refractivity contribution in [1.82, 2.24) is 9.97 Å². The van der Waals surface area contributed by atoms with Gasteiger partial charge in [0, 0.05) is 0 Å². The van der Waals surface area contributed by atoms with Crippen LogP contribution >= 0.6 is 11.3 Å². The summed E-state index contributed by atoms with van der Waals surface area (Å²) >= 11 is 1.13. The molecular weight excluding hydrogens is 292 g/mol. The Kier molecular flexibility index (Phi) is 4.42. The lowest BCUT2D eigenvalue weighted by atomic mass is 10.2. The first-order valence-electron chi connectivity index (χ1n) is 6.52. The molecule has 0 bridgehead atoms. The van der Waals surface area contributed by atoms with Crippen molar-refractivity contribution >= 4 is 33.3 Å². The number of carbonyl (C=O) groups is 1. The van der Waals surface area contributed by atoms with Crippen LogP contribution in [0.2, 0.25) is 0 Å². The van der Waals surface area contributed by atoms with Crippen molar-refractivity contribution in [2.24, 2.45) is 0 Å². The second kappa shape index (κ2) is 6.09. The molecule has 2 rings (SSSR count). The molecule has 7 heteroatoms. The molecule has 2 aromatic heterocycles. The molecule has 0 aliphatic carbocycles. The number of aromatic nitrogens is 2.